The van der Waals surface area contributed by atoms with Gasteiger partial charge in [-0.1, -0.05) is 49.0 Å². The fraction of sp³-hybridized carbons (Fsp3) is 0.300. The Bertz CT molecular complexity index is 867. The first-order valence-corrected chi connectivity index (χ1v) is 9.98. The van der Waals surface area contributed by atoms with E-state index in [1.807, 2.05) is 49.4 Å². The number of nitrogens with zero attached hydrogens (tertiary/aromatic N) is 4. The zero-order valence-corrected chi connectivity index (χ0v) is 16.3. The third-order valence-electron chi connectivity index (χ3n) is 4.11. The number of hydrogen-bond donors (Lipinski definition) is 1. The summed E-state index contributed by atoms with van der Waals surface area (Å²) in [6, 6.07) is 13.7. The van der Waals surface area contributed by atoms with E-state index < -0.39 is 0 Å². The van der Waals surface area contributed by atoms with E-state index in [1.54, 1.807) is 12.4 Å². The first kappa shape index (κ1) is 19.1. The summed E-state index contributed by atoms with van der Waals surface area (Å²) < 4.78 is 2.06. The molecule has 0 fully saturated rings. The minimum absolute atomic E-state index is 0.0205. The van der Waals surface area contributed by atoms with Gasteiger partial charge in [0, 0.05) is 24.5 Å². The lowest BCUT2D eigenvalue weighted by atomic mass is 10.1. The highest BCUT2D eigenvalue weighted by Gasteiger charge is 2.16. The van der Waals surface area contributed by atoms with Crippen molar-refractivity contribution >= 4 is 17.7 Å². The van der Waals surface area contributed by atoms with Crippen molar-refractivity contribution in [1.82, 2.24) is 25.1 Å². The molecule has 0 unspecified atom stereocenters. The number of thioether (sulfide) groups is 1. The predicted octanol–water partition coefficient (Wildman–Crippen LogP) is 3.72. The van der Waals surface area contributed by atoms with Crippen LogP contribution in [0.4, 0.5) is 0 Å². The van der Waals surface area contributed by atoms with E-state index in [9.17, 15) is 4.79 Å². The van der Waals surface area contributed by atoms with Gasteiger partial charge in [0.2, 0.25) is 5.91 Å². The Morgan fingerprint density at radius 3 is 2.59 bits per heavy atom. The monoisotopic (exact) mass is 381 g/mol. The summed E-state index contributed by atoms with van der Waals surface area (Å²) in [5.41, 5.74) is 2.06. The van der Waals surface area contributed by atoms with Gasteiger partial charge >= 0.3 is 0 Å². The zero-order chi connectivity index (χ0) is 19.1. The number of benzene rings is 1. The van der Waals surface area contributed by atoms with Crippen molar-refractivity contribution in [2.75, 3.05) is 5.75 Å². The third kappa shape index (κ3) is 4.95. The Hall–Kier alpha value is -2.67. The first-order chi connectivity index (χ1) is 13.2. The van der Waals surface area contributed by atoms with Crippen LogP contribution >= 0.6 is 11.8 Å². The van der Waals surface area contributed by atoms with E-state index in [1.165, 1.54) is 11.8 Å². The molecule has 27 heavy (non-hydrogen) atoms. The molecule has 7 heteroatoms. The number of nitrogens with one attached hydrogen (secondary N) is 1. The maximum atomic E-state index is 12.3. The Morgan fingerprint density at radius 1 is 1.15 bits per heavy atom. The number of carbonyl (C=O) groups is 1. The molecule has 1 N–H and O–H groups in total. The molecule has 140 valence electrons. The van der Waals surface area contributed by atoms with Crippen LogP contribution in [0.5, 0.6) is 0 Å². The van der Waals surface area contributed by atoms with Crippen LogP contribution in [0.15, 0.2) is 60.0 Å². The normalized spacial score (nSPS) is 11.9. The quantitative estimate of drug-likeness (QED) is 0.602. The van der Waals surface area contributed by atoms with Crippen molar-refractivity contribution in [2.24, 2.45) is 0 Å². The minimum atomic E-state index is -0.0276. The molecule has 6 nitrogen and oxygen atoms in total. The minimum Gasteiger partial charge on any atom is -0.349 e. The van der Waals surface area contributed by atoms with E-state index in [0.29, 0.717) is 5.75 Å². The smallest absolute Gasteiger partial charge is 0.230 e. The molecule has 2 aromatic heterocycles. The average Bonchev–Trinajstić information content (AvgIpc) is 3.10. The number of rotatable bonds is 8. The van der Waals surface area contributed by atoms with Gasteiger partial charge in [-0.05, 0) is 31.0 Å². The highest BCUT2D eigenvalue weighted by Crippen LogP contribution is 2.24. The van der Waals surface area contributed by atoms with Crippen LogP contribution in [0.3, 0.4) is 0 Å². The van der Waals surface area contributed by atoms with Gasteiger partial charge in [-0.25, -0.2) is 0 Å². The van der Waals surface area contributed by atoms with Crippen molar-refractivity contribution < 1.29 is 4.79 Å². The van der Waals surface area contributed by atoms with Crippen LogP contribution in [0.2, 0.25) is 0 Å². The summed E-state index contributed by atoms with van der Waals surface area (Å²) >= 11 is 1.41. The standard InChI is InChI=1S/C20H23N5OS/c1-3-13-25-19(17-9-11-21-12-10-17)23-24-20(25)27-14-18(26)22-15(2)16-7-5-4-6-8-16/h4-12,15H,3,13-14H2,1-2H3,(H,22,26)/t15-/m0/s1. The lowest BCUT2D eigenvalue weighted by Crippen LogP contribution is -2.28. The number of amides is 1. The van der Waals surface area contributed by atoms with Crippen LogP contribution < -0.4 is 5.32 Å². The van der Waals surface area contributed by atoms with E-state index in [0.717, 1.165) is 35.1 Å². The van der Waals surface area contributed by atoms with Crippen molar-refractivity contribution in [3.63, 3.8) is 0 Å². The average molecular weight is 382 g/mol. The van der Waals surface area contributed by atoms with Gasteiger partial charge in [-0.15, -0.1) is 10.2 Å². The predicted molar refractivity (Wildman–Crippen MR) is 107 cm³/mol. The van der Waals surface area contributed by atoms with Gasteiger partial charge in [0.05, 0.1) is 11.8 Å². The highest BCUT2D eigenvalue weighted by molar-refractivity contribution is 7.99. The molecule has 0 bridgehead atoms. The Morgan fingerprint density at radius 2 is 1.89 bits per heavy atom. The Balaban J connectivity index is 1.65. The van der Waals surface area contributed by atoms with Gasteiger partial charge in [-0.3, -0.25) is 9.78 Å². The summed E-state index contributed by atoms with van der Waals surface area (Å²) in [5.74, 6) is 1.09. The molecule has 0 aliphatic rings. The van der Waals surface area contributed by atoms with Crippen molar-refractivity contribution in [3.05, 3.63) is 60.4 Å². The second kappa shape index (κ2) is 9.32. The molecule has 0 spiro atoms. The molecule has 3 aromatic rings. The molecule has 3 rings (SSSR count). The first-order valence-electron chi connectivity index (χ1n) is 8.99. The SMILES string of the molecule is CCCn1c(SCC(=O)N[C@@H](C)c2ccccc2)nnc1-c1ccncc1. The Kier molecular flexibility index (Phi) is 6.59. The number of carbonyl (C=O) groups excluding carboxylic acids is 1. The van der Waals surface area contributed by atoms with Crippen LogP contribution in [0.1, 0.15) is 31.9 Å². The molecule has 0 aliphatic carbocycles. The molecule has 1 amide bonds. The van der Waals surface area contributed by atoms with Crippen LogP contribution in [0, 0.1) is 0 Å². The highest BCUT2D eigenvalue weighted by atomic mass is 32.2. The molecule has 0 saturated carbocycles. The van der Waals surface area contributed by atoms with Crippen molar-refractivity contribution in [3.8, 4) is 11.4 Å². The Labute approximate surface area is 163 Å². The van der Waals surface area contributed by atoms with E-state index in [4.69, 9.17) is 0 Å². The van der Waals surface area contributed by atoms with Gasteiger partial charge in [-0.2, -0.15) is 0 Å². The second-order valence-electron chi connectivity index (χ2n) is 6.18. The molecular formula is C20H23N5OS. The fourth-order valence-electron chi connectivity index (χ4n) is 2.77. The van der Waals surface area contributed by atoms with Crippen molar-refractivity contribution in [1.29, 1.82) is 0 Å². The number of hydrogen-bond acceptors (Lipinski definition) is 5. The van der Waals surface area contributed by atoms with Gasteiger partial charge < -0.3 is 9.88 Å². The third-order valence-corrected chi connectivity index (χ3v) is 5.08. The molecule has 0 radical (unpaired) electrons. The summed E-state index contributed by atoms with van der Waals surface area (Å²) in [5, 5.41) is 12.4. The fourth-order valence-corrected chi connectivity index (χ4v) is 3.55. The summed E-state index contributed by atoms with van der Waals surface area (Å²) in [4.78, 5) is 16.4. The van der Waals surface area contributed by atoms with Crippen LogP contribution in [-0.4, -0.2) is 31.4 Å². The van der Waals surface area contributed by atoms with Crippen molar-refractivity contribution in [2.45, 2.75) is 38.0 Å². The van der Waals surface area contributed by atoms with E-state index in [2.05, 4.69) is 32.0 Å². The summed E-state index contributed by atoms with van der Waals surface area (Å²) in [6.45, 7) is 4.90. The maximum absolute atomic E-state index is 12.3. The van der Waals surface area contributed by atoms with Crippen LogP contribution in [-0.2, 0) is 11.3 Å². The molecule has 1 aromatic carbocycles. The zero-order valence-electron chi connectivity index (χ0n) is 15.5. The maximum Gasteiger partial charge on any atom is 0.230 e. The van der Waals surface area contributed by atoms with E-state index in [-0.39, 0.29) is 11.9 Å². The lowest BCUT2D eigenvalue weighted by molar-refractivity contribution is -0.119. The molecule has 1 atom stereocenters. The largest absolute Gasteiger partial charge is 0.349 e. The molecule has 0 saturated heterocycles. The lowest BCUT2D eigenvalue weighted by Gasteiger charge is -2.14. The molecule has 0 aliphatic heterocycles. The van der Waals surface area contributed by atoms with E-state index >= 15 is 0 Å². The van der Waals surface area contributed by atoms with Gasteiger partial charge in [0.25, 0.3) is 0 Å². The molecular weight excluding hydrogens is 358 g/mol. The number of aromatic nitrogens is 4. The summed E-state index contributed by atoms with van der Waals surface area (Å²) in [7, 11) is 0. The number of pyridine rings is 1. The van der Waals surface area contributed by atoms with Crippen LogP contribution in [0.25, 0.3) is 11.4 Å². The van der Waals surface area contributed by atoms with Gasteiger partial charge in [0.15, 0.2) is 11.0 Å². The topological polar surface area (TPSA) is 72.7 Å². The van der Waals surface area contributed by atoms with Gasteiger partial charge in [0.1, 0.15) is 0 Å². The summed E-state index contributed by atoms with van der Waals surface area (Å²) in [6.07, 6.45) is 4.44. The molecule has 2 heterocycles. The second-order valence-corrected chi connectivity index (χ2v) is 7.12.